The summed E-state index contributed by atoms with van der Waals surface area (Å²) in [4.78, 5) is 13.3. The average molecular weight is 514 g/mol. The van der Waals surface area contributed by atoms with Crippen molar-refractivity contribution in [3.8, 4) is 34.9 Å². The van der Waals surface area contributed by atoms with Crippen molar-refractivity contribution in [3.63, 3.8) is 0 Å². The second-order valence-electron chi connectivity index (χ2n) is 8.97. The number of aromatic nitrogens is 1. The normalized spacial score (nSPS) is 11.1. The Morgan fingerprint density at radius 3 is 2.29 bits per heavy atom. The fraction of sp³-hybridized carbons (Fsp3) is 0.167. The predicted octanol–water partition coefficient (Wildman–Crippen LogP) is 7.04. The third kappa shape index (κ3) is 5.30. The third-order valence-electron chi connectivity index (χ3n) is 6.21. The lowest BCUT2D eigenvalue weighted by molar-refractivity contribution is -0.137. The highest BCUT2D eigenvalue weighted by molar-refractivity contribution is 5.65. The molecule has 0 fully saturated rings. The van der Waals surface area contributed by atoms with Gasteiger partial charge in [0.25, 0.3) is 5.56 Å². The molecular weight excluding hydrogens is 491 g/mol. The van der Waals surface area contributed by atoms with Crippen molar-refractivity contribution in [2.75, 3.05) is 0 Å². The standard InChI is InChI=1S/C30H22F3N3O2/c1-18-7-8-23(19(2)11-18)17-36-27(14-26(30(31,32)33)25(16-35)29(36)37)22-9-10-28(20(3)12-22)38-24-6-4-5-21(13-24)15-34/h4-14H,17H2,1-3H3. The highest BCUT2D eigenvalue weighted by Crippen LogP contribution is 2.35. The van der Waals surface area contributed by atoms with E-state index >= 15 is 0 Å². The Labute approximate surface area is 217 Å². The van der Waals surface area contributed by atoms with Crippen LogP contribution >= 0.6 is 0 Å². The molecule has 0 aliphatic rings. The second kappa shape index (κ2) is 10.3. The molecule has 0 amide bonds. The number of pyridine rings is 1. The van der Waals surface area contributed by atoms with E-state index in [1.54, 1.807) is 49.4 Å². The van der Waals surface area contributed by atoms with Gasteiger partial charge >= 0.3 is 6.18 Å². The molecule has 0 N–H and O–H groups in total. The van der Waals surface area contributed by atoms with Crippen molar-refractivity contribution in [3.05, 3.63) is 116 Å². The molecule has 38 heavy (non-hydrogen) atoms. The smallest absolute Gasteiger partial charge is 0.417 e. The zero-order chi connectivity index (χ0) is 27.6. The van der Waals surface area contributed by atoms with Gasteiger partial charge in [-0.15, -0.1) is 0 Å². The van der Waals surface area contributed by atoms with Crippen molar-refractivity contribution in [1.29, 1.82) is 10.5 Å². The second-order valence-corrected chi connectivity index (χ2v) is 8.97. The number of nitrogens with zero attached hydrogens (tertiary/aromatic N) is 3. The van der Waals surface area contributed by atoms with Gasteiger partial charge in [-0.25, -0.2) is 0 Å². The Morgan fingerprint density at radius 2 is 1.66 bits per heavy atom. The largest absolute Gasteiger partial charge is 0.457 e. The van der Waals surface area contributed by atoms with Crippen LogP contribution in [0.5, 0.6) is 11.5 Å². The number of nitriles is 2. The maximum Gasteiger partial charge on any atom is 0.417 e. The van der Waals surface area contributed by atoms with E-state index < -0.39 is 22.9 Å². The molecule has 0 aliphatic carbocycles. The summed E-state index contributed by atoms with van der Waals surface area (Å²) in [6.45, 7) is 5.50. The van der Waals surface area contributed by atoms with E-state index in [2.05, 4.69) is 0 Å². The molecule has 0 spiro atoms. The van der Waals surface area contributed by atoms with Crippen LogP contribution in [0.1, 0.15) is 38.9 Å². The number of aryl methyl sites for hydroxylation is 3. The fourth-order valence-electron chi connectivity index (χ4n) is 4.25. The molecule has 0 saturated carbocycles. The maximum absolute atomic E-state index is 13.9. The van der Waals surface area contributed by atoms with Gasteiger partial charge in [0.05, 0.1) is 29.4 Å². The molecule has 0 radical (unpaired) electrons. The number of halogens is 3. The molecule has 0 unspecified atom stereocenters. The van der Waals surface area contributed by atoms with Crippen molar-refractivity contribution in [1.82, 2.24) is 4.57 Å². The summed E-state index contributed by atoms with van der Waals surface area (Å²) >= 11 is 0. The number of hydrogen-bond donors (Lipinski definition) is 0. The molecule has 4 aromatic rings. The van der Waals surface area contributed by atoms with Crippen LogP contribution in [0.2, 0.25) is 0 Å². The van der Waals surface area contributed by atoms with Gasteiger partial charge < -0.3 is 9.30 Å². The average Bonchev–Trinajstić information content (AvgIpc) is 2.87. The molecule has 3 aromatic carbocycles. The van der Waals surface area contributed by atoms with E-state index in [4.69, 9.17) is 10.00 Å². The summed E-state index contributed by atoms with van der Waals surface area (Å²) in [6, 6.07) is 21.3. The van der Waals surface area contributed by atoms with Crippen LogP contribution < -0.4 is 10.3 Å². The fourth-order valence-corrected chi connectivity index (χ4v) is 4.25. The van der Waals surface area contributed by atoms with Crippen LogP contribution in [0, 0.1) is 43.4 Å². The predicted molar refractivity (Wildman–Crippen MR) is 137 cm³/mol. The van der Waals surface area contributed by atoms with E-state index in [-0.39, 0.29) is 12.2 Å². The Hall–Kier alpha value is -4.82. The van der Waals surface area contributed by atoms with Crippen molar-refractivity contribution in [2.24, 2.45) is 0 Å². The van der Waals surface area contributed by atoms with Crippen molar-refractivity contribution >= 4 is 0 Å². The van der Waals surface area contributed by atoms with Gasteiger partial charge in [-0.1, -0.05) is 29.8 Å². The van der Waals surface area contributed by atoms with Gasteiger partial charge in [0.2, 0.25) is 0 Å². The Kier molecular flexibility index (Phi) is 7.10. The SMILES string of the molecule is Cc1ccc(Cn2c(-c3ccc(Oc4cccc(C#N)c4)c(C)c3)cc(C(F)(F)F)c(C#N)c2=O)c(C)c1. The van der Waals surface area contributed by atoms with E-state index in [1.165, 1.54) is 10.6 Å². The maximum atomic E-state index is 13.9. The number of rotatable bonds is 5. The minimum absolute atomic E-state index is 0.00858. The Morgan fingerprint density at radius 1 is 0.895 bits per heavy atom. The van der Waals surface area contributed by atoms with E-state index in [1.807, 2.05) is 38.1 Å². The molecule has 0 atom stereocenters. The van der Waals surface area contributed by atoms with Crippen LogP contribution in [0.25, 0.3) is 11.3 Å². The van der Waals surface area contributed by atoms with Crippen molar-refractivity contribution in [2.45, 2.75) is 33.5 Å². The molecule has 8 heteroatoms. The van der Waals surface area contributed by atoms with E-state index in [9.17, 15) is 23.2 Å². The van der Waals surface area contributed by atoms with Gasteiger partial charge in [-0.3, -0.25) is 4.79 Å². The van der Waals surface area contributed by atoms with Gasteiger partial charge in [-0.2, -0.15) is 23.7 Å². The lowest BCUT2D eigenvalue weighted by Crippen LogP contribution is -2.29. The molecule has 0 aliphatic heterocycles. The third-order valence-corrected chi connectivity index (χ3v) is 6.21. The highest BCUT2D eigenvalue weighted by Gasteiger charge is 2.36. The van der Waals surface area contributed by atoms with Gasteiger partial charge in [0.15, 0.2) is 0 Å². The summed E-state index contributed by atoms with van der Waals surface area (Å²) < 4.78 is 48.7. The van der Waals surface area contributed by atoms with Crippen LogP contribution in [0.4, 0.5) is 13.2 Å². The number of benzene rings is 3. The Bertz CT molecular complexity index is 1690. The number of ether oxygens (including phenoxy) is 1. The van der Waals surface area contributed by atoms with Crippen LogP contribution in [0.3, 0.4) is 0 Å². The first-order valence-corrected chi connectivity index (χ1v) is 11.6. The van der Waals surface area contributed by atoms with Gasteiger partial charge in [-0.05, 0) is 85.5 Å². The molecular formula is C30H22F3N3O2. The number of alkyl halides is 3. The van der Waals surface area contributed by atoms with E-state index in [0.717, 1.165) is 22.8 Å². The monoisotopic (exact) mass is 513 g/mol. The summed E-state index contributed by atoms with van der Waals surface area (Å²) in [5.41, 5.74) is 0.817. The zero-order valence-corrected chi connectivity index (χ0v) is 20.8. The lowest BCUT2D eigenvalue weighted by atomic mass is 10.0. The van der Waals surface area contributed by atoms with Gasteiger partial charge in [0, 0.05) is 0 Å². The first-order chi connectivity index (χ1) is 18.0. The lowest BCUT2D eigenvalue weighted by Gasteiger charge is -2.19. The first kappa shape index (κ1) is 26.2. The molecule has 190 valence electrons. The molecule has 0 saturated heterocycles. The van der Waals surface area contributed by atoms with Crippen LogP contribution in [0.15, 0.2) is 71.5 Å². The molecule has 1 aromatic heterocycles. The molecule has 0 bridgehead atoms. The quantitative estimate of drug-likeness (QED) is 0.287. The summed E-state index contributed by atoms with van der Waals surface area (Å²) in [7, 11) is 0. The summed E-state index contributed by atoms with van der Waals surface area (Å²) in [5, 5.41) is 18.6. The summed E-state index contributed by atoms with van der Waals surface area (Å²) in [6.07, 6.45) is -4.89. The minimum atomic E-state index is -4.89. The minimum Gasteiger partial charge on any atom is -0.457 e. The Balaban J connectivity index is 1.87. The van der Waals surface area contributed by atoms with Crippen molar-refractivity contribution < 1.29 is 17.9 Å². The molecule has 1 heterocycles. The zero-order valence-electron chi connectivity index (χ0n) is 20.8. The molecule has 5 nitrogen and oxygen atoms in total. The van der Waals surface area contributed by atoms with E-state index in [0.29, 0.717) is 28.2 Å². The summed E-state index contributed by atoms with van der Waals surface area (Å²) in [5.74, 6) is 0.876. The highest BCUT2D eigenvalue weighted by atomic mass is 19.4. The van der Waals surface area contributed by atoms with Gasteiger partial charge in [0.1, 0.15) is 23.1 Å². The topological polar surface area (TPSA) is 78.8 Å². The number of hydrogen-bond acceptors (Lipinski definition) is 4. The first-order valence-electron chi connectivity index (χ1n) is 11.6. The van der Waals surface area contributed by atoms with Crippen LogP contribution in [-0.4, -0.2) is 4.57 Å². The van der Waals surface area contributed by atoms with Crippen LogP contribution in [-0.2, 0) is 12.7 Å². The molecule has 4 rings (SSSR count).